The molecule has 0 unspecified atom stereocenters. The molecular weight excluding hydrogens is 230 g/mol. The van der Waals surface area contributed by atoms with Crippen LogP contribution in [0.2, 0.25) is 0 Å². The summed E-state index contributed by atoms with van der Waals surface area (Å²) in [6.07, 6.45) is 0. The standard InChI is InChI=1S/C11H12F2N2O2/c12-8-5-7(6-9(13)10(8)14)11(16)15-1-3-17-4-2-15/h5-6H,1-4,14H2. The third-order valence-corrected chi connectivity index (χ3v) is 2.62. The summed E-state index contributed by atoms with van der Waals surface area (Å²) in [6, 6.07) is 1.91. The van der Waals surface area contributed by atoms with Crippen molar-refractivity contribution in [3.05, 3.63) is 29.3 Å². The lowest BCUT2D eigenvalue weighted by Crippen LogP contribution is -2.40. The van der Waals surface area contributed by atoms with Gasteiger partial charge in [0.05, 0.1) is 13.2 Å². The molecule has 1 fully saturated rings. The van der Waals surface area contributed by atoms with Crippen molar-refractivity contribution in [1.82, 2.24) is 4.90 Å². The van der Waals surface area contributed by atoms with Crippen LogP contribution in [-0.4, -0.2) is 37.1 Å². The second kappa shape index (κ2) is 4.67. The Kier molecular flexibility index (Phi) is 3.23. The molecule has 1 amide bonds. The van der Waals surface area contributed by atoms with Gasteiger partial charge in [-0.2, -0.15) is 0 Å². The Hall–Kier alpha value is -1.69. The summed E-state index contributed by atoms with van der Waals surface area (Å²) in [6.45, 7) is 1.72. The van der Waals surface area contributed by atoms with Crippen LogP contribution in [0.5, 0.6) is 0 Å². The summed E-state index contributed by atoms with van der Waals surface area (Å²) in [7, 11) is 0. The van der Waals surface area contributed by atoms with E-state index in [1.165, 1.54) is 4.90 Å². The number of carbonyl (C=O) groups is 1. The van der Waals surface area contributed by atoms with Crippen LogP contribution in [0.3, 0.4) is 0 Å². The Bertz CT molecular complexity index is 422. The monoisotopic (exact) mass is 242 g/mol. The van der Waals surface area contributed by atoms with E-state index in [1.54, 1.807) is 0 Å². The molecule has 1 saturated heterocycles. The van der Waals surface area contributed by atoms with Gasteiger partial charge in [0.15, 0.2) is 0 Å². The SMILES string of the molecule is Nc1c(F)cc(C(=O)N2CCOCC2)cc1F. The minimum atomic E-state index is -0.915. The second-order valence-electron chi connectivity index (χ2n) is 3.76. The van der Waals surface area contributed by atoms with Gasteiger partial charge in [0.25, 0.3) is 5.91 Å². The first kappa shape index (κ1) is 11.8. The molecule has 0 aliphatic carbocycles. The predicted octanol–water partition coefficient (Wildman–Crippen LogP) is 1.02. The third kappa shape index (κ3) is 2.36. The Balaban J connectivity index is 2.24. The van der Waals surface area contributed by atoms with Gasteiger partial charge in [-0.15, -0.1) is 0 Å². The van der Waals surface area contributed by atoms with Crippen molar-refractivity contribution in [3.8, 4) is 0 Å². The van der Waals surface area contributed by atoms with E-state index in [4.69, 9.17) is 10.5 Å². The molecule has 0 atom stereocenters. The van der Waals surface area contributed by atoms with E-state index in [2.05, 4.69) is 0 Å². The first-order chi connectivity index (χ1) is 8.09. The van der Waals surface area contributed by atoms with E-state index in [0.29, 0.717) is 26.3 Å². The van der Waals surface area contributed by atoms with Gasteiger partial charge in [-0.3, -0.25) is 4.79 Å². The molecule has 2 rings (SSSR count). The number of morpholine rings is 1. The van der Waals surface area contributed by atoms with Crippen molar-refractivity contribution >= 4 is 11.6 Å². The van der Waals surface area contributed by atoms with Crippen molar-refractivity contribution < 1.29 is 18.3 Å². The van der Waals surface area contributed by atoms with Gasteiger partial charge in [0, 0.05) is 18.7 Å². The number of rotatable bonds is 1. The van der Waals surface area contributed by atoms with Crippen LogP contribution in [0.25, 0.3) is 0 Å². The fourth-order valence-corrected chi connectivity index (χ4v) is 1.66. The van der Waals surface area contributed by atoms with Crippen LogP contribution in [0.15, 0.2) is 12.1 Å². The number of hydrogen-bond donors (Lipinski definition) is 1. The molecule has 0 bridgehead atoms. The van der Waals surface area contributed by atoms with E-state index >= 15 is 0 Å². The molecule has 1 heterocycles. The maximum Gasteiger partial charge on any atom is 0.254 e. The lowest BCUT2D eigenvalue weighted by molar-refractivity contribution is 0.0302. The minimum absolute atomic E-state index is 0.0314. The van der Waals surface area contributed by atoms with Gasteiger partial charge < -0.3 is 15.4 Å². The molecule has 2 N–H and O–H groups in total. The third-order valence-electron chi connectivity index (χ3n) is 2.62. The van der Waals surface area contributed by atoms with Crippen molar-refractivity contribution in [2.24, 2.45) is 0 Å². The van der Waals surface area contributed by atoms with Gasteiger partial charge in [-0.1, -0.05) is 0 Å². The average Bonchev–Trinajstić information content (AvgIpc) is 2.35. The predicted molar refractivity (Wildman–Crippen MR) is 57.5 cm³/mol. The molecule has 4 nitrogen and oxygen atoms in total. The second-order valence-corrected chi connectivity index (χ2v) is 3.76. The highest BCUT2D eigenvalue weighted by Gasteiger charge is 2.20. The number of hydrogen-bond acceptors (Lipinski definition) is 3. The Morgan fingerprint density at radius 2 is 1.76 bits per heavy atom. The molecule has 0 aromatic heterocycles. The molecule has 0 saturated carbocycles. The summed E-state index contributed by atoms with van der Waals surface area (Å²) in [5.74, 6) is -2.24. The minimum Gasteiger partial charge on any atom is -0.394 e. The number of nitrogens with two attached hydrogens (primary N) is 1. The summed E-state index contributed by atoms with van der Waals surface area (Å²) >= 11 is 0. The molecule has 1 aliphatic rings. The Morgan fingerprint density at radius 3 is 2.29 bits per heavy atom. The summed E-state index contributed by atoms with van der Waals surface area (Å²) < 4.78 is 31.5. The number of amides is 1. The van der Waals surface area contributed by atoms with E-state index in [-0.39, 0.29) is 5.56 Å². The Morgan fingerprint density at radius 1 is 1.24 bits per heavy atom. The molecule has 92 valence electrons. The number of halogens is 2. The normalized spacial score (nSPS) is 16.0. The lowest BCUT2D eigenvalue weighted by Gasteiger charge is -2.26. The molecular formula is C11H12F2N2O2. The van der Waals surface area contributed by atoms with Crippen LogP contribution < -0.4 is 5.73 Å². The summed E-state index contributed by atoms with van der Waals surface area (Å²) in [5.41, 5.74) is 4.54. The van der Waals surface area contributed by atoms with Gasteiger partial charge in [0.1, 0.15) is 17.3 Å². The van der Waals surface area contributed by atoms with Crippen LogP contribution in [0, 0.1) is 11.6 Å². The zero-order valence-corrected chi connectivity index (χ0v) is 9.08. The number of nitrogens with zero attached hydrogens (tertiary/aromatic N) is 1. The highest BCUT2D eigenvalue weighted by Crippen LogP contribution is 2.18. The van der Waals surface area contributed by atoms with E-state index < -0.39 is 23.2 Å². The van der Waals surface area contributed by atoms with Gasteiger partial charge in [-0.05, 0) is 12.1 Å². The van der Waals surface area contributed by atoms with E-state index in [1.807, 2.05) is 0 Å². The molecule has 1 aromatic carbocycles. The number of ether oxygens (including phenoxy) is 1. The first-order valence-corrected chi connectivity index (χ1v) is 5.21. The number of anilines is 1. The van der Waals surface area contributed by atoms with Gasteiger partial charge in [0.2, 0.25) is 0 Å². The summed E-state index contributed by atoms with van der Waals surface area (Å²) in [5, 5.41) is 0. The quantitative estimate of drug-likeness (QED) is 0.748. The first-order valence-electron chi connectivity index (χ1n) is 5.21. The number of benzene rings is 1. The molecule has 1 aromatic rings. The van der Waals surface area contributed by atoms with Gasteiger partial charge >= 0.3 is 0 Å². The smallest absolute Gasteiger partial charge is 0.254 e. The molecule has 1 aliphatic heterocycles. The molecule has 6 heteroatoms. The van der Waals surface area contributed by atoms with Crippen molar-refractivity contribution in [1.29, 1.82) is 0 Å². The average molecular weight is 242 g/mol. The fourth-order valence-electron chi connectivity index (χ4n) is 1.66. The van der Waals surface area contributed by atoms with Crippen LogP contribution in [0.4, 0.5) is 14.5 Å². The highest BCUT2D eigenvalue weighted by atomic mass is 19.1. The number of nitrogen functional groups attached to an aromatic ring is 1. The summed E-state index contributed by atoms with van der Waals surface area (Å²) in [4.78, 5) is 13.4. The van der Waals surface area contributed by atoms with E-state index in [0.717, 1.165) is 12.1 Å². The zero-order chi connectivity index (χ0) is 12.4. The lowest BCUT2D eigenvalue weighted by atomic mass is 10.1. The van der Waals surface area contributed by atoms with Crippen molar-refractivity contribution in [2.75, 3.05) is 32.0 Å². The fraction of sp³-hybridized carbons (Fsp3) is 0.364. The largest absolute Gasteiger partial charge is 0.394 e. The molecule has 0 radical (unpaired) electrons. The van der Waals surface area contributed by atoms with Gasteiger partial charge in [-0.25, -0.2) is 8.78 Å². The molecule has 17 heavy (non-hydrogen) atoms. The van der Waals surface area contributed by atoms with Crippen molar-refractivity contribution in [2.45, 2.75) is 0 Å². The van der Waals surface area contributed by atoms with Crippen LogP contribution >= 0.6 is 0 Å². The highest BCUT2D eigenvalue weighted by molar-refractivity contribution is 5.94. The molecule has 0 spiro atoms. The van der Waals surface area contributed by atoms with Crippen molar-refractivity contribution in [3.63, 3.8) is 0 Å². The van der Waals surface area contributed by atoms with E-state index in [9.17, 15) is 13.6 Å². The maximum absolute atomic E-state index is 13.2. The Labute approximate surface area is 97.0 Å². The van der Waals surface area contributed by atoms with Crippen LogP contribution in [0.1, 0.15) is 10.4 Å². The number of carbonyl (C=O) groups excluding carboxylic acids is 1. The van der Waals surface area contributed by atoms with Crippen LogP contribution in [-0.2, 0) is 4.74 Å². The topological polar surface area (TPSA) is 55.6 Å². The maximum atomic E-state index is 13.2. The zero-order valence-electron chi connectivity index (χ0n) is 9.08.